The first-order valence-electron chi connectivity index (χ1n) is 7.94. The molecule has 0 unspecified atom stereocenters. The first-order valence-corrected chi connectivity index (χ1v) is 7.94. The van der Waals surface area contributed by atoms with E-state index in [4.69, 9.17) is 9.15 Å². The third-order valence-corrected chi connectivity index (χ3v) is 3.63. The van der Waals surface area contributed by atoms with Crippen LogP contribution in [0.5, 0.6) is 0 Å². The van der Waals surface area contributed by atoms with Gasteiger partial charge in [-0.3, -0.25) is 9.59 Å². The van der Waals surface area contributed by atoms with Gasteiger partial charge in [0.15, 0.2) is 18.7 Å². The van der Waals surface area contributed by atoms with Gasteiger partial charge in [0.05, 0.1) is 11.3 Å². The number of rotatable bonds is 6. The van der Waals surface area contributed by atoms with Crippen molar-refractivity contribution in [3.05, 3.63) is 77.8 Å². The molecule has 0 atom stereocenters. The summed E-state index contributed by atoms with van der Waals surface area (Å²) in [7, 11) is 0. The maximum absolute atomic E-state index is 13.5. The van der Waals surface area contributed by atoms with Crippen LogP contribution in [0.1, 0.15) is 20.9 Å². The maximum Gasteiger partial charge on any atom is 0.338 e. The van der Waals surface area contributed by atoms with Crippen LogP contribution < -0.4 is 5.32 Å². The van der Waals surface area contributed by atoms with E-state index in [-0.39, 0.29) is 17.0 Å². The van der Waals surface area contributed by atoms with Gasteiger partial charge in [0.1, 0.15) is 11.6 Å². The third kappa shape index (κ3) is 4.46. The molecule has 2 aromatic carbocycles. The molecule has 1 N–H and O–H groups in total. The van der Waals surface area contributed by atoms with E-state index < -0.39 is 24.3 Å². The molecule has 0 aliphatic heterocycles. The second kappa shape index (κ2) is 8.09. The molecule has 1 heterocycles. The van der Waals surface area contributed by atoms with Crippen molar-refractivity contribution >= 4 is 23.9 Å². The minimum atomic E-state index is -0.696. The summed E-state index contributed by atoms with van der Waals surface area (Å²) in [5.41, 5.74) is 0.924. The van der Waals surface area contributed by atoms with Crippen molar-refractivity contribution in [3.63, 3.8) is 0 Å². The Morgan fingerprint density at radius 3 is 2.44 bits per heavy atom. The highest BCUT2D eigenvalue weighted by atomic mass is 19.1. The first-order chi connectivity index (χ1) is 13.1. The van der Waals surface area contributed by atoms with Crippen molar-refractivity contribution in [3.8, 4) is 11.3 Å². The number of hydrogen-bond acceptors (Lipinski definition) is 5. The van der Waals surface area contributed by atoms with Crippen molar-refractivity contribution in [2.75, 3.05) is 11.9 Å². The molecule has 3 rings (SSSR count). The highest BCUT2D eigenvalue weighted by Crippen LogP contribution is 2.22. The van der Waals surface area contributed by atoms with Gasteiger partial charge in [-0.05, 0) is 36.4 Å². The summed E-state index contributed by atoms with van der Waals surface area (Å²) < 4.78 is 23.7. The van der Waals surface area contributed by atoms with Crippen LogP contribution in [0.15, 0.2) is 65.1 Å². The molecule has 0 aliphatic rings. The van der Waals surface area contributed by atoms with Crippen LogP contribution in [0.2, 0.25) is 0 Å². The second-order valence-corrected chi connectivity index (χ2v) is 5.50. The van der Waals surface area contributed by atoms with E-state index in [1.807, 2.05) is 0 Å². The summed E-state index contributed by atoms with van der Waals surface area (Å²) in [5, 5.41) is 2.32. The number of furan rings is 1. The predicted octanol–water partition coefficient (Wildman–Crippen LogP) is 3.69. The number of carbonyl (C=O) groups is 3. The molecule has 0 radical (unpaired) electrons. The molecule has 27 heavy (non-hydrogen) atoms. The number of benzene rings is 2. The van der Waals surface area contributed by atoms with Crippen LogP contribution in [-0.2, 0) is 9.53 Å². The molecule has 0 saturated heterocycles. The largest absolute Gasteiger partial charge is 0.453 e. The number of ether oxygens (including phenoxy) is 1. The highest BCUT2D eigenvalue weighted by molar-refractivity contribution is 5.95. The average Bonchev–Trinajstić information content (AvgIpc) is 3.17. The fraction of sp³-hybridized carbons (Fsp3) is 0.0500. The van der Waals surface area contributed by atoms with E-state index in [0.29, 0.717) is 17.6 Å². The zero-order valence-electron chi connectivity index (χ0n) is 14.0. The smallest absolute Gasteiger partial charge is 0.338 e. The van der Waals surface area contributed by atoms with Crippen LogP contribution in [0.3, 0.4) is 0 Å². The Hall–Kier alpha value is -3.74. The molecule has 1 amide bonds. The van der Waals surface area contributed by atoms with Crippen molar-refractivity contribution < 1.29 is 27.9 Å². The summed E-state index contributed by atoms with van der Waals surface area (Å²) in [4.78, 5) is 34.4. The molecular formula is C20H14FNO5. The summed E-state index contributed by atoms with van der Waals surface area (Å²) >= 11 is 0. The van der Waals surface area contributed by atoms with Gasteiger partial charge >= 0.3 is 5.97 Å². The Kier molecular flexibility index (Phi) is 5.41. The molecule has 0 aliphatic carbocycles. The molecule has 0 spiro atoms. The molecule has 3 aromatic rings. The van der Waals surface area contributed by atoms with Gasteiger partial charge in [-0.1, -0.05) is 24.3 Å². The second-order valence-electron chi connectivity index (χ2n) is 5.50. The Bertz CT molecular complexity index is 978. The first kappa shape index (κ1) is 18.1. The predicted molar refractivity (Wildman–Crippen MR) is 94.8 cm³/mol. The average molecular weight is 367 g/mol. The van der Waals surface area contributed by atoms with E-state index in [1.54, 1.807) is 30.3 Å². The number of carbonyl (C=O) groups excluding carboxylic acids is 3. The Balaban J connectivity index is 1.57. The zero-order chi connectivity index (χ0) is 19.2. The van der Waals surface area contributed by atoms with E-state index in [0.717, 1.165) is 0 Å². The minimum absolute atomic E-state index is 0.0102. The lowest BCUT2D eigenvalue weighted by Gasteiger charge is -2.07. The number of nitrogens with one attached hydrogen (secondary N) is 1. The van der Waals surface area contributed by atoms with Gasteiger partial charge < -0.3 is 14.5 Å². The zero-order valence-corrected chi connectivity index (χ0v) is 14.0. The molecule has 7 heteroatoms. The fourth-order valence-electron chi connectivity index (χ4n) is 2.31. The molecule has 1 aromatic heterocycles. The van der Waals surface area contributed by atoms with Crippen LogP contribution in [0.25, 0.3) is 11.3 Å². The van der Waals surface area contributed by atoms with Crippen LogP contribution in [-0.4, -0.2) is 24.8 Å². The maximum atomic E-state index is 13.5. The van der Waals surface area contributed by atoms with Crippen molar-refractivity contribution in [1.82, 2.24) is 0 Å². The standard InChI is InChI=1S/C20H14FNO5/c21-16-3-1-2-4-17(16)22-19(24)12-26-20(25)14-7-5-13(6-8-14)18-10-9-15(11-23)27-18/h1-11H,12H2,(H,22,24). The number of halogens is 1. The van der Waals surface area contributed by atoms with Gasteiger partial charge in [-0.2, -0.15) is 0 Å². The van der Waals surface area contributed by atoms with Crippen molar-refractivity contribution in [1.29, 1.82) is 0 Å². The van der Waals surface area contributed by atoms with E-state index in [2.05, 4.69) is 5.32 Å². The number of hydrogen-bond donors (Lipinski definition) is 1. The Morgan fingerprint density at radius 2 is 1.78 bits per heavy atom. The fourth-order valence-corrected chi connectivity index (χ4v) is 2.31. The van der Waals surface area contributed by atoms with Crippen molar-refractivity contribution in [2.24, 2.45) is 0 Å². The number of amides is 1. The SMILES string of the molecule is O=Cc1ccc(-c2ccc(C(=O)OCC(=O)Nc3ccccc3F)cc2)o1. The Morgan fingerprint density at radius 1 is 1.04 bits per heavy atom. The van der Waals surface area contributed by atoms with Crippen LogP contribution in [0, 0.1) is 5.82 Å². The monoisotopic (exact) mass is 367 g/mol. The lowest BCUT2D eigenvalue weighted by molar-refractivity contribution is -0.119. The quantitative estimate of drug-likeness (QED) is 0.530. The molecular weight excluding hydrogens is 353 g/mol. The minimum Gasteiger partial charge on any atom is -0.453 e. The van der Waals surface area contributed by atoms with Gasteiger partial charge in [0.25, 0.3) is 5.91 Å². The van der Waals surface area contributed by atoms with Gasteiger partial charge in [-0.25, -0.2) is 9.18 Å². The number of anilines is 1. The highest BCUT2D eigenvalue weighted by Gasteiger charge is 2.12. The Labute approximate surface area is 153 Å². The number of para-hydroxylation sites is 1. The normalized spacial score (nSPS) is 10.3. The summed E-state index contributed by atoms with van der Waals surface area (Å²) in [5.74, 6) is -1.24. The van der Waals surface area contributed by atoms with Gasteiger partial charge in [0, 0.05) is 5.56 Å². The van der Waals surface area contributed by atoms with Crippen LogP contribution >= 0.6 is 0 Å². The lowest BCUT2D eigenvalue weighted by Crippen LogP contribution is -2.21. The third-order valence-electron chi connectivity index (χ3n) is 3.63. The van der Waals surface area contributed by atoms with Crippen molar-refractivity contribution in [2.45, 2.75) is 0 Å². The summed E-state index contributed by atoms with van der Waals surface area (Å²) in [6, 6.07) is 15.1. The van der Waals surface area contributed by atoms with Gasteiger partial charge in [-0.15, -0.1) is 0 Å². The van der Waals surface area contributed by atoms with E-state index >= 15 is 0 Å². The van der Waals surface area contributed by atoms with Crippen LogP contribution in [0.4, 0.5) is 10.1 Å². The molecule has 136 valence electrons. The number of esters is 1. The molecule has 6 nitrogen and oxygen atoms in total. The van der Waals surface area contributed by atoms with Gasteiger partial charge in [0.2, 0.25) is 0 Å². The topological polar surface area (TPSA) is 85.6 Å². The molecule has 0 fully saturated rings. The lowest BCUT2D eigenvalue weighted by atomic mass is 10.1. The molecule has 0 saturated carbocycles. The number of aldehydes is 1. The van der Waals surface area contributed by atoms with E-state index in [1.165, 1.54) is 30.3 Å². The summed E-state index contributed by atoms with van der Waals surface area (Å²) in [6.45, 7) is -0.546. The van der Waals surface area contributed by atoms with E-state index in [9.17, 15) is 18.8 Å². The molecule has 0 bridgehead atoms. The summed E-state index contributed by atoms with van der Waals surface area (Å²) in [6.07, 6.45) is 0.599.